The number of nitrogens with one attached hydrogen (secondary N) is 3. The largest absolute Gasteiger partial charge is 0.377 e. The number of aryl methyl sites for hydroxylation is 1. The molecule has 1 saturated carbocycles. The number of aromatic nitrogens is 2. The summed E-state index contributed by atoms with van der Waals surface area (Å²) in [5.41, 5.74) is 4.70. The van der Waals surface area contributed by atoms with Gasteiger partial charge < -0.3 is 16.0 Å². The summed E-state index contributed by atoms with van der Waals surface area (Å²) in [6, 6.07) is 8.31. The van der Waals surface area contributed by atoms with Crippen molar-refractivity contribution in [1.82, 2.24) is 15.1 Å². The third-order valence-electron chi connectivity index (χ3n) is 6.21. The predicted molar refractivity (Wildman–Crippen MR) is 113 cm³/mol. The molecule has 0 spiro atoms. The van der Waals surface area contributed by atoms with E-state index in [2.05, 4.69) is 53.5 Å². The highest BCUT2D eigenvalue weighted by molar-refractivity contribution is 5.91. The van der Waals surface area contributed by atoms with Crippen molar-refractivity contribution < 1.29 is 4.79 Å². The molecule has 0 bridgehead atoms. The maximum Gasteiger partial charge on any atom is 0.319 e. The average molecular weight is 382 g/mol. The molecule has 1 aromatic heterocycles. The van der Waals surface area contributed by atoms with Crippen LogP contribution < -0.4 is 16.0 Å². The second kappa shape index (κ2) is 7.15. The zero-order valence-corrected chi connectivity index (χ0v) is 17.3. The molecule has 2 aliphatic rings. The summed E-state index contributed by atoms with van der Waals surface area (Å²) < 4.78 is 2.13. The fourth-order valence-corrected chi connectivity index (χ4v) is 4.73. The highest BCUT2D eigenvalue weighted by Crippen LogP contribution is 2.40. The number of carbonyl (C=O) groups is 1. The Labute approximate surface area is 167 Å². The van der Waals surface area contributed by atoms with Crippen LogP contribution in [0.25, 0.3) is 0 Å². The number of anilines is 2. The minimum Gasteiger partial charge on any atom is -0.377 e. The molecule has 28 heavy (non-hydrogen) atoms. The van der Waals surface area contributed by atoms with Gasteiger partial charge in [-0.2, -0.15) is 5.10 Å². The van der Waals surface area contributed by atoms with Gasteiger partial charge in [-0.25, -0.2) is 4.79 Å². The van der Waals surface area contributed by atoms with Gasteiger partial charge >= 0.3 is 6.03 Å². The Kier molecular flexibility index (Phi) is 4.81. The summed E-state index contributed by atoms with van der Waals surface area (Å²) in [6.07, 6.45) is 6.18. The molecule has 1 aliphatic heterocycles. The second-order valence-electron chi connectivity index (χ2n) is 8.75. The molecule has 2 aromatic rings. The third-order valence-corrected chi connectivity index (χ3v) is 6.21. The zero-order chi connectivity index (χ0) is 19.9. The van der Waals surface area contributed by atoms with Crippen molar-refractivity contribution in [3.63, 3.8) is 0 Å². The van der Waals surface area contributed by atoms with Crippen LogP contribution >= 0.6 is 0 Å². The van der Waals surface area contributed by atoms with Gasteiger partial charge in [0.2, 0.25) is 0 Å². The summed E-state index contributed by atoms with van der Waals surface area (Å²) >= 11 is 0. The van der Waals surface area contributed by atoms with Crippen LogP contribution in [0.5, 0.6) is 0 Å². The molecule has 2 amide bonds. The average Bonchev–Trinajstić information content (AvgIpc) is 3.09. The molecule has 0 saturated heterocycles. The number of rotatable bonds is 3. The van der Waals surface area contributed by atoms with E-state index >= 15 is 0 Å². The van der Waals surface area contributed by atoms with Gasteiger partial charge in [-0.3, -0.25) is 4.68 Å². The van der Waals surface area contributed by atoms with E-state index in [1.54, 1.807) is 0 Å². The van der Waals surface area contributed by atoms with Crippen LogP contribution in [0, 0.1) is 13.8 Å². The van der Waals surface area contributed by atoms with E-state index in [1.807, 2.05) is 19.1 Å². The number of hydrogen-bond acceptors (Lipinski definition) is 3. The first-order chi connectivity index (χ1) is 13.4. The van der Waals surface area contributed by atoms with Crippen LogP contribution in [-0.4, -0.2) is 21.4 Å². The van der Waals surface area contributed by atoms with Crippen molar-refractivity contribution in [1.29, 1.82) is 0 Å². The first-order valence-electron chi connectivity index (χ1n) is 10.4. The normalized spacial score (nSPS) is 21.1. The van der Waals surface area contributed by atoms with Gasteiger partial charge in [0.15, 0.2) is 0 Å². The fourth-order valence-electron chi connectivity index (χ4n) is 4.73. The minimum atomic E-state index is -0.253. The Morgan fingerprint density at radius 1 is 1.18 bits per heavy atom. The number of urea groups is 1. The Hall–Kier alpha value is -2.50. The number of amides is 2. The van der Waals surface area contributed by atoms with Crippen molar-refractivity contribution in [2.45, 2.75) is 77.4 Å². The molecule has 4 rings (SSSR count). The molecule has 1 aliphatic carbocycles. The lowest BCUT2D eigenvalue weighted by molar-refractivity contribution is 0.244. The first kappa shape index (κ1) is 18.8. The van der Waals surface area contributed by atoms with Crippen LogP contribution in [0.15, 0.2) is 24.3 Å². The summed E-state index contributed by atoms with van der Waals surface area (Å²) in [4.78, 5) is 12.9. The topological polar surface area (TPSA) is 71.0 Å². The molecule has 150 valence electrons. The number of carbonyl (C=O) groups excluding carboxylic acids is 1. The highest BCUT2D eigenvalue weighted by Gasteiger charge is 2.39. The lowest BCUT2D eigenvalue weighted by atomic mass is 9.93. The van der Waals surface area contributed by atoms with Gasteiger partial charge in [-0.15, -0.1) is 0 Å². The van der Waals surface area contributed by atoms with Crippen molar-refractivity contribution in [3.05, 3.63) is 41.2 Å². The summed E-state index contributed by atoms with van der Waals surface area (Å²) in [5, 5.41) is 14.5. The smallest absolute Gasteiger partial charge is 0.319 e. The molecule has 1 atom stereocenters. The van der Waals surface area contributed by atoms with Crippen LogP contribution in [0.1, 0.15) is 75.0 Å². The monoisotopic (exact) mass is 381 g/mol. The fraction of sp³-hybridized carbons (Fsp3) is 0.545. The summed E-state index contributed by atoms with van der Waals surface area (Å²) in [5.74, 6) is 0. The molecule has 1 aromatic carbocycles. The molecule has 3 N–H and O–H groups in total. The number of para-hydroxylation sites is 1. The Morgan fingerprint density at radius 3 is 2.64 bits per heavy atom. The summed E-state index contributed by atoms with van der Waals surface area (Å²) in [7, 11) is 0. The van der Waals surface area contributed by atoms with Crippen LogP contribution in [0.4, 0.5) is 16.2 Å². The second-order valence-corrected chi connectivity index (χ2v) is 8.75. The number of hydrogen-bond donors (Lipinski definition) is 3. The summed E-state index contributed by atoms with van der Waals surface area (Å²) in [6.45, 7) is 8.24. The number of fused-ring (bicyclic) bond motifs is 1. The highest BCUT2D eigenvalue weighted by atomic mass is 16.2. The van der Waals surface area contributed by atoms with Gasteiger partial charge in [0.25, 0.3) is 0 Å². The number of nitrogens with zero attached hydrogens (tertiary/aromatic N) is 2. The van der Waals surface area contributed by atoms with E-state index in [4.69, 9.17) is 5.10 Å². The van der Waals surface area contributed by atoms with E-state index in [-0.39, 0.29) is 17.6 Å². The Bertz CT molecular complexity index is 879. The number of benzene rings is 1. The SMILES string of the molecule is Cc1nn(C2CCCCC2)c(C)c1NC(=O)NC1c2ccccc2NC1(C)C. The van der Waals surface area contributed by atoms with E-state index < -0.39 is 0 Å². The molecule has 6 nitrogen and oxygen atoms in total. The Morgan fingerprint density at radius 2 is 1.89 bits per heavy atom. The quantitative estimate of drug-likeness (QED) is 0.695. The maximum atomic E-state index is 12.9. The first-order valence-corrected chi connectivity index (χ1v) is 10.4. The van der Waals surface area contributed by atoms with Crippen molar-refractivity contribution in [3.8, 4) is 0 Å². The molecule has 1 unspecified atom stereocenters. The van der Waals surface area contributed by atoms with Crippen molar-refractivity contribution in [2.75, 3.05) is 10.6 Å². The van der Waals surface area contributed by atoms with Crippen LogP contribution in [-0.2, 0) is 0 Å². The molecule has 0 radical (unpaired) electrons. The maximum absolute atomic E-state index is 12.9. The molecule has 6 heteroatoms. The molecular weight excluding hydrogens is 350 g/mol. The van der Waals surface area contributed by atoms with E-state index in [0.717, 1.165) is 28.3 Å². The molecule has 1 fully saturated rings. The lowest BCUT2D eigenvalue weighted by Gasteiger charge is -2.29. The van der Waals surface area contributed by atoms with Crippen LogP contribution in [0.2, 0.25) is 0 Å². The van der Waals surface area contributed by atoms with Gasteiger partial charge in [-0.1, -0.05) is 37.5 Å². The zero-order valence-electron chi connectivity index (χ0n) is 17.3. The van der Waals surface area contributed by atoms with Gasteiger partial charge in [0, 0.05) is 5.69 Å². The predicted octanol–water partition coefficient (Wildman–Crippen LogP) is 5.07. The molecular formula is C22H31N5O. The Balaban J connectivity index is 1.51. The molecule has 2 heterocycles. The van der Waals surface area contributed by atoms with E-state index in [9.17, 15) is 4.79 Å². The van der Waals surface area contributed by atoms with Gasteiger partial charge in [-0.05, 0) is 52.2 Å². The van der Waals surface area contributed by atoms with Crippen LogP contribution in [0.3, 0.4) is 0 Å². The standard InChI is InChI=1S/C22H31N5O/c1-14-19(15(2)27(26-14)16-10-6-5-7-11-16)23-21(28)24-20-17-12-8-9-13-18(17)25-22(20,3)4/h8-9,12-13,16,20,25H,5-7,10-11H2,1-4H3,(H2,23,24,28). The van der Waals surface area contributed by atoms with Gasteiger partial charge in [0.1, 0.15) is 0 Å². The third kappa shape index (κ3) is 3.36. The van der Waals surface area contributed by atoms with Gasteiger partial charge in [0.05, 0.1) is 34.7 Å². The van der Waals surface area contributed by atoms with E-state index in [1.165, 1.54) is 32.1 Å². The van der Waals surface area contributed by atoms with Crippen molar-refractivity contribution in [2.24, 2.45) is 0 Å². The van der Waals surface area contributed by atoms with E-state index in [0.29, 0.717) is 6.04 Å². The minimum absolute atomic E-state index is 0.0994. The van der Waals surface area contributed by atoms with Crippen molar-refractivity contribution >= 4 is 17.4 Å². The lowest BCUT2D eigenvalue weighted by Crippen LogP contribution is -2.44.